The highest BCUT2D eigenvalue weighted by Crippen LogP contribution is 2.25. The molecule has 0 aromatic heterocycles. The monoisotopic (exact) mass is 198 g/mol. The van der Waals surface area contributed by atoms with Crippen LogP contribution in [0.4, 0.5) is 0 Å². The summed E-state index contributed by atoms with van der Waals surface area (Å²) in [6.07, 6.45) is 4.27. The van der Waals surface area contributed by atoms with Gasteiger partial charge in [0, 0.05) is 31.2 Å². The average Bonchev–Trinajstić information content (AvgIpc) is 1.98. The van der Waals surface area contributed by atoms with Crippen molar-refractivity contribution >= 4 is 0 Å². The number of nitrogens with one attached hydrogen (secondary N) is 1. The molecule has 2 heteroatoms. The molecule has 1 fully saturated rings. The molecule has 0 atom stereocenters. The summed E-state index contributed by atoms with van der Waals surface area (Å²) < 4.78 is 0. The van der Waals surface area contributed by atoms with Crippen LogP contribution in [0.25, 0.3) is 0 Å². The van der Waals surface area contributed by atoms with Crippen LogP contribution in [-0.4, -0.2) is 36.1 Å². The number of rotatable bonds is 6. The van der Waals surface area contributed by atoms with Gasteiger partial charge in [-0.1, -0.05) is 20.3 Å². The lowest BCUT2D eigenvalue weighted by Crippen LogP contribution is -2.47. The van der Waals surface area contributed by atoms with E-state index >= 15 is 0 Å². The SMILES string of the molecule is CC(C)NCCN(C(C)C)C1CCC1. The molecule has 0 aromatic carbocycles. The lowest BCUT2D eigenvalue weighted by molar-refractivity contribution is 0.0949. The Bertz CT molecular complexity index is 150. The Morgan fingerprint density at radius 1 is 1.21 bits per heavy atom. The van der Waals surface area contributed by atoms with E-state index < -0.39 is 0 Å². The van der Waals surface area contributed by atoms with Crippen LogP contribution in [0.5, 0.6) is 0 Å². The molecule has 14 heavy (non-hydrogen) atoms. The van der Waals surface area contributed by atoms with Crippen LogP contribution >= 0.6 is 0 Å². The molecule has 0 aromatic rings. The van der Waals surface area contributed by atoms with Crippen LogP contribution in [0.2, 0.25) is 0 Å². The fourth-order valence-corrected chi connectivity index (χ4v) is 2.06. The zero-order chi connectivity index (χ0) is 10.6. The smallest absolute Gasteiger partial charge is 0.0113 e. The third-order valence-corrected chi connectivity index (χ3v) is 3.13. The Morgan fingerprint density at radius 2 is 1.86 bits per heavy atom. The van der Waals surface area contributed by atoms with Gasteiger partial charge < -0.3 is 5.32 Å². The maximum absolute atomic E-state index is 3.49. The average molecular weight is 198 g/mol. The van der Waals surface area contributed by atoms with Crippen molar-refractivity contribution in [3.8, 4) is 0 Å². The third-order valence-electron chi connectivity index (χ3n) is 3.13. The molecule has 1 rings (SSSR count). The van der Waals surface area contributed by atoms with Gasteiger partial charge in [0.2, 0.25) is 0 Å². The minimum absolute atomic E-state index is 0.616. The normalized spacial score (nSPS) is 18.2. The Labute approximate surface area is 89.1 Å². The van der Waals surface area contributed by atoms with E-state index in [1.807, 2.05) is 0 Å². The van der Waals surface area contributed by atoms with Gasteiger partial charge in [-0.25, -0.2) is 0 Å². The second kappa shape index (κ2) is 5.72. The molecule has 0 heterocycles. The third kappa shape index (κ3) is 3.58. The molecule has 1 aliphatic carbocycles. The summed E-state index contributed by atoms with van der Waals surface area (Å²) in [5.74, 6) is 0. The van der Waals surface area contributed by atoms with Crippen LogP contribution in [0.3, 0.4) is 0 Å². The van der Waals surface area contributed by atoms with Crippen molar-refractivity contribution in [2.24, 2.45) is 0 Å². The zero-order valence-electron chi connectivity index (χ0n) is 10.2. The van der Waals surface area contributed by atoms with Crippen molar-refractivity contribution in [1.82, 2.24) is 10.2 Å². The van der Waals surface area contributed by atoms with Crippen LogP contribution in [0, 0.1) is 0 Å². The molecule has 84 valence electrons. The fraction of sp³-hybridized carbons (Fsp3) is 1.00. The highest BCUT2D eigenvalue weighted by atomic mass is 15.2. The van der Waals surface area contributed by atoms with E-state index in [0.29, 0.717) is 12.1 Å². The second-order valence-corrected chi connectivity index (χ2v) is 5.03. The maximum atomic E-state index is 3.49. The predicted octanol–water partition coefficient (Wildman–Crippen LogP) is 2.25. The van der Waals surface area contributed by atoms with Gasteiger partial charge >= 0.3 is 0 Å². The summed E-state index contributed by atoms with van der Waals surface area (Å²) in [6.45, 7) is 11.4. The summed E-state index contributed by atoms with van der Waals surface area (Å²) in [6, 6.07) is 2.20. The van der Waals surface area contributed by atoms with Crippen LogP contribution in [0.15, 0.2) is 0 Å². The summed E-state index contributed by atoms with van der Waals surface area (Å²) in [5.41, 5.74) is 0. The molecule has 0 spiro atoms. The quantitative estimate of drug-likeness (QED) is 0.704. The van der Waals surface area contributed by atoms with Crippen LogP contribution in [-0.2, 0) is 0 Å². The lowest BCUT2D eigenvalue weighted by Gasteiger charge is -2.40. The maximum Gasteiger partial charge on any atom is 0.0113 e. The molecule has 0 aliphatic heterocycles. The van der Waals surface area contributed by atoms with Crippen molar-refractivity contribution in [2.75, 3.05) is 13.1 Å². The van der Waals surface area contributed by atoms with Crippen molar-refractivity contribution in [1.29, 1.82) is 0 Å². The van der Waals surface area contributed by atoms with Crippen molar-refractivity contribution in [2.45, 2.75) is 65.1 Å². The molecule has 2 nitrogen and oxygen atoms in total. The molecule has 0 unspecified atom stereocenters. The van der Waals surface area contributed by atoms with E-state index in [1.54, 1.807) is 0 Å². The predicted molar refractivity (Wildman–Crippen MR) is 62.6 cm³/mol. The first-order chi connectivity index (χ1) is 6.61. The molecular weight excluding hydrogens is 172 g/mol. The largest absolute Gasteiger partial charge is 0.313 e. The van der Waals surface area contributed by atoms with E-state index in [0.717, 1.165) is 12.6 Å². The van der Waals surface area contributed by atoms with E-state index in [-0.39, 0.29) is 0 Å². The summed E-state index contributed by atoms with van der Waals surface area (Å²) >= 11 is 0. The second-order valence-electron chi connectivity index (χ2n) is 5.03. The fourth-order valence-electron chi connectivity index (χ4n) is 2.06. The number of hydrogen-bond donors (Lipinski definition) is 1. The van der Waals surface area contributed by atoms with E-state index in [1.165, 1.54) is 25.8 Å². The van der Waals surface area contributed by atoms with E-state index in [2.05, 4.69) is 37.9 Å². The van der Waals surface area contributed by atoms with Crippen molar-refractivity contribution < 1.29 is 0 Å². The minimum Gasteiger partial charge on any atom is -0.313 e. The van der Waals surface area contributed by atoms with Crippen LogP contribution in [0.1, 0.15) is 47.0 Å². The van der Waals surface area contributed by atoms with Gasteiger partial charge in [-0.3, -0.25) is 4.90 Å². The van der Waals surface area contributed by atoms with Gasteiger partial charge in [0.1, 0.15) is 0 Å². The van der Waals surface area contributed by atoms with Gasteiger partial charge in [-0.05, 0) is 26.7 Å². The molecule has 1 saturated carbocycles. The van der Waals surface area contributed by atoms with E-state index in [9.17, 15) is 0 Å². The van der Waals surface area contributed by atoms with Crippen molar-refractivity contribution in [3.05, 3.63) is 0 Å². The minimum atomic E-state index is 0.616. The number of nitrogens with zero attached hydrogens (tertiary/aromatic N) is 1. The topological polar surface area (TPSA) is 15.3 Å². The molecule has 0 bridgehead atoms. The molecule has 0 radical (unpaired) electrons. The number of hydrogen-bond acceptors (Lipinski definition) is 2. The van der Waals surface area contributed by atoms with Gasteiger partial charge in [0.15, 0.2) is 0 Å². The molecule has 0 amide bonds. The lowest BCUT2D eigenvalue weighted by atomic mass is 9.90. The molecular formula is C12H26N2. The Kier molecular flexibility index (Phi) is 4.90. The zero-order valence-corrected chi connectivity index (χ0v) is 10.2. The standard InChI is InChI=1S/C12H26N2/c1-10(2)13-8-9-14(11(3)4)12-6-5-7-12/h10-13H,5-9H2,1-4H3. The Hall–Kier alpha value is -0.0800. The first kappa shape index (κ1) is 12.0. The van der Waals surface area contributed by atoms with Gasteiger partial charge in [0.05, 0.1) is 0 Å². The van der Waals surface area contributed by atoms with Gasteiger partial charge in [0.25, 0.3) is 0 Å². The van der Waals surface area contributed by atoms with E-state index in [4.69, 9.17) is 0 Å². The van der Waals surface area contributed by atoms with Gasteiger partial charge in [-0.15, -0.1) is 0 Å². The first-order valence-electron chi connectivity index (χ1n) is 6.10. The summed E-state index contributed by atoms with van der Waals surface area (Å²) in [7, 11) is 0. The molecule has 0 saturated heterocycles. The van der Waals surface area contributed by atoms with Crippen LogP contribution < -0.4 is 5.32 Å². The molecule has 1 aliphatic rings. The van der Waals surface area contributed by atoms with Crippen molar-refractivity contribution in [3.63, 3.8) is 0 Å². The van der Waals surface area contributed by atoms with Gasteiger partial charge in [-0.2, -0.15) is 0 Å². The summed E-state index contributed by atoms with van der Waals surface area (Å²) in [5, 5.41) is 3.49. The Balaban J connectivity index is 2.21. The first-order valence-corrected chi connectivity index (χ1v) is 6.10. The molecule has 1 N–H and O–H groups in total. The Morgan fingerprint density at radius 3 is 2.21 bits per heavy atom. The highest BCUT2D eigenvalue weighted by Gasteiger charge is 2.25. The highest BCUT2D eigenvalue weighted by molar-refractivity contribution is 4.82. The summed E-state index contributed by atoms with van der Waals surface area (Å²) in [4.78, 5) is 2.65.